The SMILES string of the molecule is CCC(O)CNC(=O)c1c(C)nn2ccccc12. The lowest BCUT2D eigenvalue weighted by Gasteiger charge is -2.09. The smallest absolute Gasteiger partial charge is 0.255 e. The van der Waals surface area contributed by atoms with Crippen molar-refractivity contribution >= 4 is 11.4 Å². The predicted molar refractivity (Wildman–Crippen MR) is 68.6 cm³/mol. The van der Waals surface area contributed by atoms with Crippen LogP contribution in [-0.2, 0) is 0 Å². The summed E-state index contributed by atoms with van der Waals surface area (Å²) in [4.78, 5) is 12.1. The molecule has 5 heteroatoms. The summed E-state index contributed by atoms with van der Waals surface area (Å²) in [5.74, 6) is -0.193. The van der Waals surface area contributed by atoms with Gasteiger partial charge in [0.15, 0.2) is 0 Å². The Morgan fingerprint density at radius 2 is 2.33 bits per heavy atom. The van der Waals surface area contributed by atoms with Crippen molar-refractivity contribution in [1.82, 2.24) is 14.9 Å². The normalized spacial score (nSPS) is 12.6. The molecule has 0 bridgehead atoms. The van der Waals surface area contributed by atoms with E-state index in [-0.39, 0.29) is 12.5 Å². The molecule has 0 saturated heterocycles. The first kappa shape index (κ1) is 12.6. The second-order valence-electron chi connectivity index (χ2n) is 4.26. The minimum absolute atomic E-state index is 0.193. The van der Waals surface area contributed by atoms with Crippen LogP contribution in [0.3, 0.4) is 0 Å². The number of rotatable bonds is 4. The lowest BCUT2D eigenvalue weighted by atomic mass is 10.2. The van der Waals surface area contributed by atoms with Crippen LogP contribution >= 0.6 is 0 Å². The van der Waals surface area contributed by atoms with E-state index >= 15 is 0 Å². The van der Waals surface area contributed by atoms with Gasteiger partial charge in [-0.25, -0.2) is 4.52 Å². The molecular weight excluding hydrogens is 230 g/mol. The van der Waals surface area contributed by atoms with E-state index in [1.807, 2.05) is 25.1 Å². The first-order valence-electron chi connectivity index (χ1n) is 6.03. The van der Waals surface area contributed by atoms with E-state index in [2.05, 4.69) is 10.4 Å². The number of aliphatic hydroxyl groups is 1. The van der Waals surface area contributed by atoms with Gasteiger partial charge in [0.25, 0.3) is 5.91 Å². The second kappa shape index (κ2) is 5.18. The van der Waals surface area contributed by atoms with Crippen LogP contribution in [0.15, 0.2) is 24.4 Å². The quantitative estimate of drug-likeness (QED) is 0.851. The summed E-state index contributed by atoms with van der Waals surface area (Å²) < 4.78 is 1.68. The van der Waals surface area contributed by atoms with Crippen molar-refractivity contribution in [3.8, 4) is 0 Å². The maximum atomic E-state index is 12.1. The maximum Gasteiger partial charge on any atom is 0.255 e. The lowest BCUT2D eigenvalue weighted by molar-refractivity contribution is 0.0915. The lowest BCUT2D eigenvalue weighted by Crippen LogP contribution is -2.32. The Morgan fingerprint density at radius 1 is 1.56 bits per heavy atom. The van der Waals surface area contributed by atoms with Gasteiger partial charge in [0.1, 0.15) is 0 Å². The number of carbonyl (C=O) groups is 1. The molecule has 1 unspecified atom stereocenters. The molecule has 0 spiro atoms. The van der Waals surface area contributed by atoms with Crippen LogP contribution in [0.5, 0.6) is 0 Å². The third-order valence-electron chi connectivity index (χ3n) is 2.91. The number of aryl methyl sites for hydroxylation is 1. The summed E-state index contributed by atoms with van der Waals surface area (Å²) in [6.07, 6.45) is 1.92. The average molecular weight is 247 g/mol. The molecule has 2 heterocycles. The third kappa shape index (κ3) is 2.36. The zero-order valence-corrected chi connectivity index (χ0v) is 10.6. The number of pyridine rings is 1. The van der Waals surface area contributed by atoms with Crippen molar-refractivity contribution in [2.45, 2.75) is 26.4 Å². The molecule has 0 radical (unpaired) electrons. The van der Waals surface area contributed by atoms with Crippen LogP contribution < -0.4 is 5.32 Å². The van der Waals surface area contributed by atoms with Crippen molar-refractivity contribution in [2.24, 2.45) is 0 Å². The van der Waals surface area contributed by atoms with Gasteiger partial charge in [0.05, 0.1) is 22.9 Å². The largest absolute Gasteiger partial charge is 0.391 e. The fourth-order valence-electron chi connectivity index (χ4n) is 1.84. The molecule has 18 heavy (non-hydrogen) atoms. The molecule has 1 atom stereocenters. The van der Waals surface area contributed by atoms with Gasteiger partial charge in [-0.1, -0.05) is 13.0 Å². The van der Waals surface area contributed by atoms with Crippen LogP contribution in [0.4, 0.5) is 0 Å². The summed E-state index contributed by atoms with van der Waals surface area (Å²) in [5.41, 5.74) is 2.03. The monoisotopic (exact) mass is 247 g/mol. The van der Waals surface area contributed by atoms with E-state index in [0.717, 1.165) is 5.52 Å². The molecule has 1 amide bonds. The van der Waals surface area contributed by atoms with Crippen molar-refractivity contribution in [2.75, 3.05) is 6.54 Å². The minimum Gasteiger partial charge on any atom is -0.391 e. The summed E-state index contributed by atoms with van der Waals surface area (Å²) in [6.45, 7) is 3.94. The Bertz CT molecular complexity index is 562. The fraction of sp³-hybridized carbons (Fsp3) is 0.385. The summed E-state index contributed by atoms with van der Waals surface area (Å²) in [6, 6.07) is 5.58. The van der Waals surface area contributed by atoms with E-state index in [1.165, 1.54) is 0 Å². The number of aliphatic hydroxyl groups excluding tert-OH is 1. The molecule has 2 aromatic heterocycles. The minimum atomic E-state index is -0.504. The topological polar surface area (TPSA) is 66.6 Å². The molecule has 0 aliphatic rings. The molecule has 0 aliphatic carbocycles. The Kier molecular flexibility index (Phi) is 3.62. The first-order chi connectivity index (χ1) is 8.63. The van der Waals surface area contributed by atoms with Gasteiger partial charge < -0.3 is 10.4 Å². The number of amides is 1. The van der Waals surface area contributed by atoms with E-state index in [1.54, 1.807) is 17.6 Å². The summed E-state index contributed by atoms with van der Waals surface area (Å²) in [5, 5.41) is 16.5. The summed E-state index contributed by atoms with van der Waals surface area (Å²) in [7, 11) is 0. The molecule has 0 saturated carbocycles. The Balaban J connectivity index is 2.25. The van der Waals surface area contributed by atoms with Crippen LogP contribution in [-0.4, -0.2) is 33.3 Å². The molecule has 2 rings (SSSR count). The standard InChI is InChI=1S/C13H17N3O2/c1-3-10(17)8-14-13(18)12-9(2)15-16-7-5-4-6-11(12)16/h4-7,10,17H,3,8H2,1-2H3,(H,14,18). The van der Waals surface area contributed by atoms with Gasteiger partial charge in [0, 0.05) is 12.7 Å². The van der Waals surface area contributed by atoms with Gasteiger partial charge in [-0.05, 0) is 25.5 Å². The zero-order chi connectivity index (χ0) is 13.1. The highest BCUT2D eigenvalue weighted by Gasteiger charge is 2.16. The highest BCUT2D eigenvalue weighted by Crippen LogP contribution is 2.14. The van der Waals surface area contributed by atoms with Crippen molar-refractivity contribution in [1.29, 1.82) is 0 Å². The van der Waals surface area contributed by atoms with E-state index in [0.29, 0.717) is 17.7 Å². The van der Waals surface area contributed by atoms with Gasteiger partial charge in [-0.3, -0.25) is 4.79 Å². The van der Waals surface area contributed by atoms with Crippen LogP contribution in [0.1, 0.15) is 29.4 Å². The Labute approximate surface area is 105 Å². The third-order valence-corrected chi connectivity index (χ3v) is 2.91. The van der Waals surface area contributed by atoms with Crippen LogP contribution in [0, 0.1) is 6.92 Å². The fourth-order valence-corrected chi connectivity index (χ4v) is 1.84. The zero-order valence-electron chi connectivity index (χ0n) is 10.6. The second-order valence-corrected chi connectivity index (χ2v) is 4.26. The number of fused-ring (bicyclic) bond motifs is 1. The number of aromatic nitrogens is 2. The highest BCUT2D eigenvalue weighted by molar-refractivity contribution is 6.01. The van der Waals surface area contributed by atoms with Gasteiger partial charge in [-0.15, -0.1) is 0 Å². The number of hydrogen-bond donors (Lipinski definition) is 2. The highest BCUT2D eigenvalue weighted by atomic mass is 16.3. The Hall–Kier alpha value is -1.88. The van der Waals surface area contributed by atoms with E-state index in [4.69, 9.17) is 0 Å². The summed E-state index contributed by atoms with van der Waals surface area (Å²) >= 11 is 0. The molecular formula is C13H17N3O2. The van der Waals surface area contributed by atoms with Gasteiger partial charge in [0.2, 0.25) is 0 Å². The molecule has 2 aromatic rings. The molecule has 2 N–H and O–H groups in total. The number of hydrogen-bond acceptors (Lipinski definition) is 3. The number of nitrogens with one attached hydrogen (secondary N) is 1. The first-order valence-corrected chi connectivity index (χ1v) is 6.03. The average Bonchev–Trinajstić information content (AvgIpc) is 2.71. The van der Waals surface area contributed by atoms with Crippen molar-refractivity contribution in [3.63, 3.8) is 0 Å². The molecule has 5 nitrogen and oxygen atoms in total. The predicted octanol–water partition coefficient (Wildman–Crippen LogP) is 1.14. The van der Waals surface area contributed by atoms with Crippen molar-refractivity contribution < 1.29 is 9.90 Å². The number of nitrogens with zero attached hydrogens (tertiary/aromatic N) is 2. The Morgan fingerprint density at radius 3 is 3.06 bits per heavy atom. The molecule has 0 aliphatic heterocycles. The molecule has 0 aromatic carbocycles. The van der Waals surface area contributed by atoms with E-state index < -0.39 is 6.10 Å². The van der Waals surface area contributed by atoms with E-state index in [9.17, 15) is 9.90 Å². The van der Waals surface area contributed by atoms with Crippen LogP contribution in [0.25, 0.3) is 5.52 Å². The van der Waals surface area contributed by atoms with Crippen molar-refractivity contribution in [3.05, 3.63) is 35.7 Å². The van der Waals surface area contributed by atoms with Gasteiger partial charge in [-0.2, -0.15) is 5.10 Å². The van der Waals surface area contributed by atoms with Gasteiger partial charge >= 0.3 is 0 Å². The molecule has 96 valence electrons. The molecule has 0 fully saturated rings. The number of carbonyl (C=O) groups excluding carboxylic acids is 1. The maximum absolute atomic E-state index is 12.1. The van der Waals surface area contributed by atoms with Crippen LogP contribution in [0.2, 0.25) is 0 Å².